The summed E-state index contributed by atoms with van der Waals surface area (Å²) in [5.41, 5.74) is 6.37. The summed E-state index contributed by atoms with van der Waals surface area (Å²) < 4.78 is 19.9. The van der Waals surface area contributed by atoms with Gasteiger partial charge in [0.25, 0.3) is 0 Å². The van der Waals surface area contributed by atoms with Gasteiger partial charge in [0, 0.05) is 6.04 Å². The molecule has 19 heavy (non-hydrogen) atoms. The normalized spacial score (nSPS) is 24.0. The van der Waals surface area contributed by atoms with Gasteiger partial charge < -0.3 is 25.2 Å². The average molecular weight is 291 g/mol. The number of hydrogen-bond acceptors (Lipinski definition) is 6. The Bertz CT molecular complexity index is 517. The van der Waals surface area contributed by atoms with Crippen LogP contribution >= 0.6 is 7.82 Å². The van der Waals surface area contributed by atoms with Crippen LogP contribution in [-0.2, 0) is 15.7 Å². The van der Waals surface area contributed by atoms with E-state index in [1.807, 2.05) is 0 Å². The molecule has 0 aromatic heterocycles. The topological polar surface area (TPSA) is 146 Å². The molecule has 0 radical (unpaired) electrons. The van der Waals surface area contributed by atoms with Crippen molar-refractivity contribution in [1.29, 1.82) is 0 Å². The fraction of sp³-hybridized carbons (Fsp3) is 0.400. The molecule has 1 fully saturated rings. The number of aromatic hydroxyl groups is 1. The van der Waals surface area contributed by atoms with Crippen molar-refractivity contribution in [2.24, 2.45) is 5.73 Å². The number of phosphoric ester groups is 1. The molecule has 3 atom stereocenters. The zero-order valence-electron chi connectivity index (χ0n) is 9.71. The number of phenolic OH excluding ortho intramolecular Hbond substituents is 1. The molecule has 1 aliphatic heterocycles. The van der Waals surface area contributed by atoms with Crippen LogP contribution < -0.4 is 10.3 Å². The monoisotopic (exact) mass is 291 g/mol. The molecule has 0 aliphatic carbocycles. The van der Waals surface area contributed by atoms with E-state index in [1.54, 1.807) is 0 Å². The van der Waals surface area contributed by atoms with Crippen LogP contribution in [0.5, 0.6) is 11.5 Å². The Morgan fingerprint density at radius 2 is 2.11 bits per heavy atom. The van der Waals surface area contributed by atoms with E-state index in [2.05, 4.69) is 4.52 Å². The summed E-state index contributed by atoms with van der Waals surface area (Å²) in [6.45, 7) is 0. The van der Waals surface area contributed by atoms with Gasteiger partial charge in [-0.2, -0.15) is 0 Å². The van der Waals surface area contributed by atoms with Gasteiger partial charge in [-0.05, 0) is 24.1 Å². The second-order valence-electron chi connectivity index (χ2n) is 4.24. The largest absolute Gasteiger partial charge is 0.524 e. The van der Waals surface area contributed by atoms with Gasteiger partial charge in [-0.3, -0.25) is 9.79 Å². The molecule has 106 valence electrons. The maximum absolute atomic E-state index is 10.7. The number of nitrogens with two attached hydrogens (primary N) is 1. The second kappa shape index (κ2) is 5.09. The number of hydrogen-bond donors (Lipinski definition) is 5. The van der Waals surface area contributed by atoms with E-state index < -0.39 is 26.3 Å². The first kappa shape index (κ1) is 14.3. The Morgan fingerprint density at radius 3 is 2.63 bits per heavy atom. The Kier molecular flexibility index (Phi) is 3.82. The van der Waals surface area contributed by atoms with E-state index in [0.717, 1.165) is 0 Å². The first-order chi connectivity index (χ1) is 8.76. The third kappa shape index (κ3) is 3.90. The predicted octanol–water partition coefficient (Wildman–Crippen LogP) is -0.549. The first-order valence-corrected chi connectivity index (χ1v) is 6.95. The van der Waals surface area contributed by atoms with Crippen LogP contribution in [0.15, 0.2) is 18.2 Å². The molecule has 1 aromatic rings. The van der Waals surface area contributed by atoms with Crippen molar-refractivity contribution < 1.29 is 33.8 Å². The Morgan fingerprint density at radius 1 is 1.47 bits per heavy atom. The second-order valence-corrected chi connectivity index (χ2v) is 5.41. The zero-order chi connectivity index (χ0) is 14.2. The van der Waals surface area contributed by atoms with Gasteiger partial charge in [-0.1, -0.05) is 6.07 Å². The number of epoxide rings is 1. The third-order valence-electron chi connectivity index (χ3n) is 2.64. The molecule has 1 saturated heterocycles. The number of aliphatic hydroxyl groups excluding tert-OH is 1. The predicted molar refractivity (Wildman–Crippen MR) is 63.3 cm³/mol. The Labute approximate surface area is 108 Å². The molecule has 0 saturated carbocycles. The van der Waals surface area contributed by atoms with E-state index in [0.29, 0.717) is 12.0 Å². The minimum absolute atomic E-state index is 0.305. The highest BCUT2D eigenvalue weighted by atomic mass is 31.2. The first-order valence-electron chi connectivity index (χ1n) is 5.42. The number of benzene rings is 1. The van der Waals surface area contributed by atoms with Crippen LogP contribution in [0.1, 0.15) is 5.56 Å². The van der Waals surface area contributed by atoms with Crippen molar-refractivity contribution in [2.75, 3.05) is 0 Å². The van der Waals surface area contributed by atoms with Gasteiger partial charge in [-0.15, -0.1) is 0 Å². The number of ether oxygens (including phenoxy) is 1. The highest BCUT2D eigenvalue weighted by Crippen LogP contribution is 2.42. The smallest absolute Gasteiger partial charge is 0.504 e. The van der Waals surface area contributed by atoms with Crippen LogP contribution in [0.25, 0.3) is 0 Å². The minimum atomic E-state index is -4.74. The SMILES string of the molecule is N[C@@H](Cc1ccc(O)c(OP(=O)(O)O)c1)C1OC1O. The Hall–Kier alpha value is -1.15. The Balaban J connectivity index is 2.09. The van der Waals surface area contributed by atoms with Crippen molar-refractivity contribution in [3.63, 3.8) is 0 Å². The fourth-order valence-electron chi connectivity index (χ4n) is 1.70. The summed E-state index contributed by atoms with van der Waals surface area (Å²) in [4.78, 5) is 17.4. The number of rotatable bonds is 5. The molecule has 8 nitrogen and oxygen atoms in total. The van der Waals surface area contributed by atoms with Gasteiger partial charge in [0.15, 0.2) is 17.8 Å². The van der Waals surface area contributed by atoms with Crippen LogP contribution in [0.4, 0.5) is 0 Å². The van der Waals surface area contributed by atoms with E-state index in [9.17, 15) is 9.67 Å². The molecule has 1 heterocycles. The van der Waals surface area contributed by atoms with Crippen molar-refractivity contribution in [2.45, 2.75) is 24.9 Å². The summed E-state index contributed by atoms with van der Waals surface area (Å²) in [5.74, 6) is -0.710. The van der Waals surface area contributed by atoms with Gasteiger partial charge >= 0.3 is 7.82 Å². The van der Waals surface area contributed by atoms with Crippen molar-refractivity contribution in [3.05, 3.63) is 23.8 Å². The van der Waals surface area contributed by atoms with Crippen molar-refractivity contribution in [3.8, 4) is 11.5 Å². The van der Waals surface area contributed by atoms with E-state index >= 15 is 0 Å². The van der Waals surface area contributed by atoms with Crippen LogP contribution in [0, 0.1) is 0 Å². The molecular formula is C10H14NO7P. The van der Waals surface area contributed by atoms with Crippen LogP contribution in [0.3, 0.4) is 0 Å². The summed E-state index contributed by atoms with van der Waals surface area (Å²) in [7, 11) is -4.74. The van der Waals surface area contributed by atoms with Crippen molar-refractivity contribution in [1.82, 2.24) is 0 Å². The van der Waals surface area contributed by atoms with E-state index in [1.165, 1.54) is 18.2 Å². The molecule has 1 aliphatic rings. The highest BCUT2D eigenvalue weighted by molar-refractivity contribution is 7.46. The van der Waals surface area contributed by atoms with Gasteiger partial charge in [0.2, 0.25) is 0 Å². The molecule has 0 spiro atoms. The summed E-state index contributed by atoms with van der Waals surface area (Å²) in [6, 6.07) is 3.61. The van der Waals surface area contributed by atoms with Gasteiger partial charge in [0.1, 0.15) is 6.10 Å². The third-order valence-corrected chi connectivity index (χ3v) is 3.07. The van der Waals surface area contributed by atoms with Crippen LogP contribution in [-0.4, -0.2) is 38.4 Å². The molecule has 9 heteroatoms. The van der Waals surface area contributed by atoms with E-state index in [-0.39, 0.29) is 11.5 Å². The summed E-state index contributed by atoms with van der Waals surface area (Å²) in [6.07, 6.45) is -1.00. The van der Waals surface area contributed by atoms with Gasteiger partial charge in [0.05, 0.1) is 0 Å². The number of aliphatic hydroxyl groups is 1. The molecule has 6 N–H and O–H groups in total. The molecule has 2 rings (SSSR count). The quantitative estimate of drug-likeness (QED) is 0.359. The maximum atomic E-state index is 10.7. The molecule has 2 unspecified atom stereocenters. The standard InChI is InChI=1S/C10H14NO7P/c11-6(9-10(13)17-9)3-5-1-2-7(12)8(4-5)18-19(14,15)16/h1-2,4,6,9-10,12-13H,3,11H2,(H2,14,15,16)/t6-,9?,10?/m0/s1. The highest BCUT2D eigenvalue weighted by Gasteiger charge is 2.41. The van der Waals surface area contributed by atoms with E-state index in [4.69, 9.17) is 25.4 Å². The summed E-state index contributed by atoms with van der Waals surface area (Å²) in [5, 5.41) is 18.5. The maximum Gasteiger partial charge on any atom is 0.524 e. The molecular weight excluding hydrogens is 277 g/mol. The lowest BCUT2D eigenvalue weighted by molar-refractivity contribution is 0.155. The van der Waals surface area contributed by atoms with Crippen molar-refractivity contribution >= 4 is 7.82 Å². The average Bonchev–Trinajstić information content (AvgIpc) is 2.98. The minimum Gasteiger partial charge on any atom is -0.504 e. The number of phenols is 1. The summed E-state index contributed by atoms with van der Waals surface area (Å²) >= 11 is 0. The van der Waals surface area contributed by atoms with Crippen LogP contribution in [0.2, 0.25) is 0 Å². The molecule has 1 aromatic carbocycles. The fourth-order valence-corrected chi connectivity index (χ4v) is 2.11. The lowest BCUT2D eigenvalue weighted by Gasteiger charge is -2.12. The molecule has 0 bridgehead atoms. The number of phosphoric acid groups is 1. The molecule has 0 amide bonds. The zero-order valence-corrected chi connectivity index (χ0v) is 10.6. The van der Waals surface area contributed by atoms with Gasteiger partial charge in [-0.25, -0.2) is 4.57 Å². The lowest BCUT2D eigenvalue weighted by Crippen LogP contribution is -2.30. The lowest BCUT2D eigenvalue weighted by atomic mass is 10.0.